The summed E-state index contributed by atoms with van der Waals surface area (Å²) in [6, 6.07) is 9.11. The SMILES string of the molecule is N#Cc1c(NC(=O)C2CCCN(C(=O)c3ccc(Cl)cc3)C2)sc2c1CCCC2. The molecule has 1 atom stereocenters. The van der Waals surface area contributed by atoms with Gasteiger partial charge in [-0.25, -0.2) is 0 Å². The van der Waals surface area contributed by atoms with Gasteiger partial charge in [-0.2, -0.15) is 5.26 Å². The monoisotopic (exact) mass is 427 g/mol. The minimum absolute atomic E-state index is 0.0801. The number of thiophene rings is 1. The summed E-state index contributed by atoms with van der Waals surface area (Å²) in [5.74, 6) is -0.456. The number of piperidine rings is 1. The maximum Gasteiger partial charge on any atom is 0.253 e. The molecule has 1 aliphatic carbocycles. The van der Waals surface area contributed by atoms with Crippen LogP contribution in [0.15, 0.2) is 24.3 Å². The van der Waals surface area contributed by atoms with Gasteiger partial charge in [-0.05, 0) is 68.4 Å². The molecule has 1 aromatic carbocycles. The van der Waals surface area contributed by atoms with Gasteiger partial charge in [-0.1, -0.05) is 11.6 Å². The molecular formula is C22H22ClN3O2S. The second kappa shape index (κ2) is 8.56. The van der Waals surface area contributed by atoms with Crippen LogP contribution in [-0.2, 0) is 17.6 Å². The van der Waals surface area contributed by atoms with Crippen LogP contribution < -0.4 is 5.32 Å². The Bertz CT molecular complexity index is 977. The number of hydrogen-bond acceptors (Lipinski definition) is 4. The smallest absolute Gasteiger partial charge is 0.253 e. The molecule has 29 heavy (non-hydrogen) atoms. The topological polar surface area (TPSA) is 73.2 Å². The number of hydrogen-bond donors (Lipinski definition) is 1. The number of likely N-dealkylation sites (tertiary alicyclic amines) is 1. The van der Waals surface area contributed by atoms with E-state index in [4.69, 9.17) is 11.6 Å². The van der Waals surface area contributed by atoms with E-state index in [1.165, 1.54) is 16.2 Å². The van der Waals surface area contributed by atoms with Crippen molar-refractivity contribution in [1.29, 1.82) is 5.26 Å². The first-order valence-electron chi connectivity index (χ1n) is 9.97. The number of benzene rings is 1. The van der Waals surface area contributed by atoms with E-state index in [9.17, 15) is 14.9 Å². The van der Waals surface area contributed by atoms with Crippen molar-refractivity contribution in [2.45, 2.75) is 38.5 Å². The Morgan fingerprint density at radius 3 is 2.69 bits per heavy atom. The number of aryl methyl sites for hydroxylation is 1. The standard InChI is InChI=1S/C22H22ClN3O2S/c23-16-9-7-14(8-10-16)22(28)26-11-3-4-15(13-26)20(27)25-21-18(12-24)17-5-1-2-6-19(17)29-21/h7-10,15H,1-6,11,13H2,(H,25,27). The Morgan fingerprint density at radius 2 is 1.93 bits per heavy atom. The molecule has 7 heteroatoms. The molecule has 4 rings (SSSR count). The number of carbonyl (C=O) groups is 2. The van der Waals surface area contributed by atoms with Crippen LogP contribution >= 0.6 is 22.9 Å². The number of anilines is 1. The summed E-state index contributed by atoms with van der Waals surface area (Å²) in [6.45, 7) is 1.03. The predicted octanol–water partition coefficient (Wildman–Crippen LogP) is 4.64. The summed E-state index contributed by atoms with van der Waals surface area (Å²) in [6.07, 6.45) is 5.65. The van der Waals surface area contributed by atoms with E-state index < -0.39 is 0 Å². The van der Waals surface area contributed by atoms with Crippen molar-refractivity contribution in [3.63, 3.8) is 0 Å². The van der Waals surface area contributed by atoms with Gasteiger partial charge in [0.25, 0.3) is 5.91 Å². The Kier molecular flexibility index (Phi) is 5.89. The van der Waals surface area contributed by atoms with Crippen LogP contribution in [0.5, 0.6) is 0 Å². The lowest BCUT2D eigenvalue weighted by atomic mass is 9.95. The van der Waals surface area contributed by atoms with Crippen LogP contribution in [0, 0.1) is 17.2 Å². The van der Waals surface area contributed by atoms with Gasteiger partial charge in [0.1, 0.15) is 11.1 Å². The molecule has 5 nitrogen and oxygen atoms in total. The molecule has 2 aromatic rings. The van der Waals surface area contributed by atoms with Crippen molar-refractivity contribution in [2.75, 3.05) is 18.4 Å². The molecule has 2 heterocycles. The Balaban J connectivity index is 1.45. The summed E-state index contributed by atoms with van der Waals surface area (Å²) >= 11 is 7.44. The van der Waals surface area contributed by atoms with Gasteiger partial charge in [-0.3, -0.25) is 9.59 Å². The summed E-state index contributed by atoms with van der Waals surface area (Å²) in [4.78, 5) is 28.7. The van der Waals surface area contributed by atoms with Crippen molar-refractivity contribution in [2.24, 2.45) is 5.92 Å². The fraction of sp³-hybridized carbons (Fsp3) is 0.409. The fourth-order valence-corrected chi connectivity index (χ4v) is 5.51. The molecule has 1 N–H and O–H groups in total. The predicted molar refractivity (Wildman–Crippen MR) is 114 cm³/mol. The highest BCUT2D eigenvalue weighted by Crippen LogP contribution is 2.38. The number of halogens is 1. The lowest BCUT2D eigenvalue weighted by Gasteiger charge is -2.32. The van der Waals surface area contributed by atoms with Crippen molar-refractivity contribution < 1.29 is 9.59 Å². The average Bonchev–Trinajstić information content (AvgIpc) is 3.10. The Labute approximate surface area is 179 Å². The molecule has 0 bridgehead atoms. The second-order valence-corrected chi connectivity index (χ2v) is 9.15. The van der Waals surface area contributed by atoms with E-state index in [1.807, 2.05) is 0 Å². The average molecular weight is 428 g/mol. The largest absolute Gasteiger partial charge is 0.338 e. The third-order valence-corrected chi connectivity index (χ3v) is 7.15. The highest BCUT2D eigenvalue weighted by Gasteiger charge is 2.30. The molecule has 1 fully saturated rings. The van der Waals surface area contributed by atoms with E-state index >= 15 is 0 Å². The molecule has 1 aromatic heterocycles. The minimum Gasteiger partial charge on any atom is -0.338 e. The number of nitriles is 1. The highest BCUT2D eigenvalue weighted by atomic mass is 35.5. The summed E-state index contributed by atoms with van der Waals surface area (Å²) in [5, 5.41) is 13.8. The van der Waals surface area contributed by atoms with Gasteiger partial charge in [-0.15, -0.1) is 11.3 Å². The Hall–Kier alpha value is -2.36. The molecule has 150 valence electrons. The van der Waals surface area contributed by atoms with Crippen LogP contribution in [0.3, 0.4) is 0 Å². The zero-order valence-electron chi connectivity index (χ0n) is 16.0. The van der Waals surface area contributed by atoms with Crippen LogP contribution in [0.25, 0.3) is 0 Å². The first-order chi connectivity index (χ1) is 14.1. The van der Waals surface area contributed by atoms with E-state index in [0.29, 0.717) is 34.2 Å². The lowest BCUT2D eigenvalue weighted by molar-refractivity contribution is -0.121. The van der Waals surface area contributed by atoms with Gasteiger partial charge in [0.2, 0.25) is 5.91 Å². The molecule has 0 spiro atoms. The summed E-state index contributed by atoms with van der Waals surface area (Å²) in [5.41, 5.74) is 2.32. The molecule has 2 aliphatic rings. The second-order valence-electron chi connectivity index (χ2n) is 7.61. The molecule has 0 saturated carbocycles. The van der Waals surface area contributed by atoms with E-state index in [-0.39, 0.29) is 17.7 Å². The third kappa shape index (κ3) is 4.17. The molecule has 1 saturated heterocycles. The quantitative estimate of drug-likeness (QED) is 0.775. The van der Waals surface area contributed by atoms with E-state index in [2.05, 4.69) is 11.4 Å². The normalized spacial score (nSPS) is 18.6. The number of fused-ring (bicyclic) bond motifs is 1. The molecule has 1 aliphatic heterocycles. The molecule has 2 amide bonds. The van der Waals surface area contributed by atoms with Crippen LogP contribution in [0.1, 0.15) is 52.0 Å². The third-order valence-electron chi connectivity index (χ3n) is 5.69. The summed E-state index contributed by atoms with van der Waals surface area (Å²) in [7, 11) is 0. The Morgan fingerprint density at radius 1 is 1.17 bits per heavy atom. The van der Waals surface area contributed by atoms with Crippen LogP contribution in [0.2, 0.25) is 5.02 Å². The summed E-state index contributed by atoms with van der Waals surface area (Å²) < 4.78 is 0. The van der Waals surface area contributed by atoms with Crippen molar-refractivity contribution in [3.8, 4) is 6.07 Å². The van der Waals surface area contributed by atoms with Gasteiger partial charge < -0.3 is 10.2 Å². The number of carbonyl (C=O) groups excluding carboxylic acids is 2. The first kappa shape index (κ1) is 19.9. The fourth-order valence-electron chi connectivity index (χ4n) is 4.14. The maximum atomic E-state index is 12.9. The highest BCUT2D eigenvalue weighted by molar-refractivity contribution is 7.16. The zero-order valence-corrected chi connectivity index (χ0v) is 17.6. The van der Waals surface area contributed by atoms with E-state index in [1.54, 1.807) is 29.2 Å². The van der Waals surface area contributed by atoms with Crippen LogP contribution in [0.4, 0.5) is 5.00 Å². The molecular weight excluding hydrogens is 406 g/mol. The first-order valence-corrected chi connectivity index (χ1v) is 11.2. The van der Waals surface area contributed by atoms with Crippen molar-refractivity contribution in [3.05, 3.63) is 50.9 Å². The van der Waals surface area contributed by atoms with Gasteiger partial charge >= 0.3 is 0 Å². The number of rotatable bonds is 3. The van der Waals surface area contributed by atoms with Gasteiger partial charge in [0.05, 0.1) is 11.5 Å². The zero-order chi connectivity index (χ0) is 20.4. The van der Waals surface area contributed by atoms with Crippen LogP contribution in [-0.4, -0.2) is 29.8 Å². The maximum absolute atomic E-state index is 12.9. The number of nitrogens with one attached hydrogen (secondary N) is 1. The van der Waals surface area contributed by atoms with Gasteiger partial charge in [0.15, 0.2) is 0 Å². The molecule has 0 radical (unpaired) electrons. The minimum atomic E-state index is -0.273. The number of nitrogens with zero attached hydrogens (tertiary/aromatic N) is 2. The van der Waals surface area contributed by atoms with Crippen molar-refractivity contribution >= 4 is 39.8 Å². The van der Waals surface area contributed by atoms with Gasteiger partial charge in [0, 0.05) is 28.6 Å². The number of amides is 2. The van der Waals surface area contributed by atoms with E-state index in [0.717, 1.165) is 44.1 Å². The molecule has 1 unspecified atom stereocenters. The van der Waals surface area contributed by atoms with Crippen molar-refractivity contribution in [1.82, 2.24) is 4.90 Å². The lowest BCUT2D eigenvalue weighted by Crippen LogP contribution is -2.43.